The highest BCUT2D eigenvalue weighted by molar-refractivity contribution is 6.20. The van der Waals surface area contributed by atoms with Crippen LogP contribution in [0.5, 0.6) is 0 Å². The Bertz CT molecular complexity index is 1600. The van der Waals surface area contributed by atoms with Crippen molar-refractivity contribution in [3.8, 4) is 11.8 Å². The third kappa shape index (κ3) is 4.18. The zero-order valence-electron chi connectivity index (χ0n) is 23.6. The largest absolute Gasteiger partial charge is 0.272 e. The molecule has 1 atom stereocenters. The molecule has 8 rings (SSSR count). The lowest BCUT2D eigenvalue weighted by Crippen LogP contribution is -2.49. The minimum atomic E-state index is -0.537. The molecule has 2 heterocycles. The van der Waals surface area contributed by atoms with Gasteiger partial charge in [0.05, 0.1) is 17.4 Å². The summed E-state index contributed by atoms with van der Waals surface area (Å²) in [6.07, 6.45) is 11.4. The molecule has 1 aliphatic heterocycles. The van der Waals surface area contributed by atoms with Crippen LogP contribution in [0.4, 0.5) is 0 Å². The van der Waals surface area contributed by atoms with E-state index in [-0.39, 0.29) is 16.9 Å². The van der Waals surface area contributed by atoms with Gasteiger partial charge in [0.1, 0.15) is 11.6 Å². The van der Waals surface area contributed by atoms with Gasteiger partial charge in [-0.1, -0.05) is 48.5 Å². The fourth-order valence-electron chi connectivity index (χ4n) is 8.51. The summed E-state index contributed by atoms with van der Waals surface area (Å²) in [6.45, 7) is 3.56. The van der Waals surface area contributed by atoms with Crippen LogP contribution in [0.2, 0.25) is 0 Å². The van der Waals surface area contributed by atoms with Crippen LogP contribution >= 0.6 is 0 Å². The maximum Gasteiger partial charge on any atom is 0.272 e. The lowest BCUT2D eigenvalue weighted by molar-refractivity contribution is -0.143. The van der Waals surface area contributed by atoms with E-state index in [0.29, 0.717) is 11.1 Å². The number of aromatic nitrogens is 2. The molecule has 6 heteroatoms. The molecule has 5 aliphatic rings. The summed E-state index contributed by atoms with van der Waals surface area (Å²) in [5.74, 6) is 1.32. The van der Waals surface area contributed by atoms with Crippen LogP contribution < -0.4 is 0 Å². The third-order valence-electron chi connectivity index (χ3n) is 10.0. The molecular formula is C35H34N4O2. The lowest BCUT2D eigenvalue weighted by atomic mass is 9.48. The fraction of sp³-hybridized carbons (Fsp3) is 0.371. The zero-order valence-corrected chi connectivity index (χ0v) is 23.6. The first-order chi connectivity index (χ1) is 19.9. The van der Waals surface area contributed by atoms with Gasteiger partial charge >= 0.3 is 0 Å². The predicted octanol–water partition coefficient (Wildman–Crippen LogP) is 6.69. The average Bonchev–Trinajstić information content (AvgIpc) is 3.41. The van der Waals surface area contributed by atoms with Crippen molar-refractivity contribution >= 4 is 17.9 Å². The Hall–Kier alpha value is -4.24. The van der Waals surface area contributed by atoms with Gasteiger partial charge in [0.2, 0.25) is 0 Å². The van der Waals surface area contributed by atoms with E-state index in [1.54, 1.807) is 6.92 Å². The molecule has 1 aromatic heterocycles. The second-order valence-corrected chi connectivity index (χ2v) is 12.6. The van der Waals surface area contributed by atoms with E-state index in [1.807, 2.05) is 84.5 Å². The van der Waals surface area contributed by atoms with Gasteiger partial charge in [-0.2, -0.15) is 10.4 Å². The Morgan fingerprint density at radius 2 is 1.51 bits per heavy atom. The number of nitriles is 1. The molecule has 206 valence electrons. The van der Waals surface area contributed by atoms with Crippen molar-refractivity contribution in [2.75, 3.05) is 0 Å². The van der Waals surface area contributed by atoms with Crippen LogP contribution in [0.1, 0.15) is 75.2 Å². The molecule has 1 unspecified atom stereocenters. The summed E-state index contributed by atoms with van der Waals surface area (Å²) < 4.78 is 1.94. The standard InChI is InChI=1S/C35H34N4O2/c1-22-30(33(40)39(34(41)31(22)20-36)23(2)27-9-5-3-6-10-27)16-28-21-38(29-11-7-4-8-12-29)37-32(28)35-17-24-13-25(18-35)15-26(14-24)19-35/h3-12,16,21,23-26H,13-15,17-19H2,1-2H3/b30-16+. The Morgan fingerprint density at radius 3 is 2.10 bits per heavy atom. The maximum atomic E-state index is 14.1. The van der Waals surface area contributed by atoms with Crippen molar-refractivity contribution in [1.82, 2.24) is 14.7 Å². The van der Waals surface area contributed by atoms with Crippen LogP contribution in [-0.2, 0) is 15.0 Å². The first kappa shape index (κ1) is 25.7. The highest BCUT2D eigenvalue weighted by Gasteiger charge is 2.53. The normalized spacial score (nSPS) is 28.9. The third-order valence-corrected chi connectivity index (χ3v) is 10.0. The minimum Gasteiger partial charge on any atom is -0.269 e. The van der Waals surface area contributed by atoms with Gasteiger partial charge in [0, 0.05) is 22.7 Å². The number of para-hydroxylation sites is 1. The predicted molar refractivity (Wildman–Crippen MR) is 156 cm³/mol. The SMILES string of the molecule is CC1=C(C#N)C(=O)N(C(C)c2ccccc2)C(=O)/C1=C/c1cn(-c2ccccc2)nc1C12CC3CC(CC(C3)C1)C2. The molecule has 0 spiro atoms. The molecule has 0 N–H and O–H groups in total. The van der Waals surface area contributed by atoms with Crippen molar-refractivity contribution in [3.63, 3.8) is 0 Å². The van der Waals surface area contributed by atoms with Crippen molar-refractivity contribution in [2.45, 2.75) is 63.8 Å². The highest BCUT2D eigenvalue weighted by atomic mass is 16.2. The maximum absolute atomic E-state index is 14.1. The number of hydrogen-bond acceptors (Lipinski definition) is 4. The number of nitrogens with zero attached hydrogens (tertiary/aromatic N) is 4. The van der Waals surface area contributed by atoms with E-state index < -0.39 is 11.9 Å². The number of amides is 2. The Morgan fingerprint density at radius 1 is 0.927 bits per heavy atom. The molecule has 4 saturated carbocycles. The van der Waals surface area contributed by atoms with E-state index in [0.717, 1.165) is 59.5 Å². The van der Waals surface area contributed by atoms with Gasteiger partial charge in [-0.05, 0) is 99.5 Å². The van der Waals surface area contributed by atoms with Crippen molar-refractivity contribution < 1.29 is 9.59 Å². The summed E-state index contributed by atoms with van der Waals surface area (Å²) >= 11 is 0. The van der Waals surface area contributed by atoms with E-state index in [9.17, 15) is 14.9 Å². The van der Waals surface area contributed by atoms with Crippen LogP contribution in [0.15, 0.2) is 83.6 Å². The van der Waals surface area contributed by atoms with Crippen molar-refractivity contribution in [1.29, 1.82) is 5.26 Å². The molecular weight excluding hydrogens is 508 g/mol. The molecule has 2 amide bonds. The number of imide groups is 1. The van der Waals surface area contributed by atoms with Crippen molar-refractivity contribution in [2.24, 2.45) is 17.8 Å². The average molecular weight is 543 g/mol. The smallest absolute Gasteiger partial charge is 0.269 e. The number of rotatable bonds is 5. The van der Waals surface area contributed by atoms with Gasteiger partial charge < -0.3 is 0 Å². The van der Waals surface area contributed by atoms with Crippen LogP contribution in [0.3, 0.4) is 0 Å². The van der Waals surface area contributed by atoms with Crippen LogP contribution in [0, 0.1) is 29.1 Å². The van der Waals surface area contributed by atoms with E-state index in [2.05, 4.69) is 6.07 Å². The van der Waals surface area contributed by atoms with Gasteiger partial charge in [-0.25, -0.2) is 4.68 Å². The fourth-order valence-corrected chi connectivity index (χ4v) is 8.51. The summed E-state index contributed by atoms with van der Waals surface area (Å²) in [7, 11) is 0. The van der Waals surface area contributed by atoms with Crippen LogP contribution in [-0.4, -0.2) is 26.5 Å². The summed E-state index contributed by atoms with van der Waals surface area (Å²) in [4.78, 5) is 28.8. The van der Waals surface area contributed by atoms with E-state index >= 15 is 0 Å². The highest BCUT2D eigenvalue weighted by Crippen LogP contribution is 2.61. The molecule has 4 aliphatic carbocycles. The summed E-state index contributed by atoms with van der Waals surface area (Å²) in [6, 6.07) is 21.2. The number of benzene rings is 2. The van der Waals surface area contributed by atoms with Gasteiger partial charge in [-0.3, -0.25) is 14.5 Å². The molecule has 41 heavy (non-hydrogen) atoms. The lowest BCUT2D eigenvalue weighted by Gasteiger charge is -2.56. The van der Waals surface area contributed by atoms with Crippen molar-refractivity contribution in [3.05, 3.63) is 100 Å². The van der Waals surface area contributed by atoms with Gasteiger partial charge in [-0.15, -0.1) is 0 Å². The summed E-state index contributed by atoms with van der Waals surface area (Å²) in [5, 5.41) is 15.3. The monoisotopic (exact) mass is 542 g/mol. The molecule has 2 aromatic carbocycles. The Labute approximate surface area is 241 Å². The molecule has 0 radical (unpaired) electrons. The zero-order chi connectivity index (χ0) is 28.3. The molecule has 4 fully saturated rings. The van der Waals surface area contributed by atoms with Gasteiger partial charge in [0.15, 0.2) is 0 Å². The first-order valence-electron chi connectivity index (χ1n) is 14.8. The summed E-state index contributed by atoms with van der Waals surface area (Å²) in [5.41, 5.74) is 4.63. The molecule has 0 saturated heterocycles. The Kier molecular flexibility index (Phi) is 6.08. The van der Waals surface area contributed by atoms with Crippen LogP contribution in [0.25, 0.3) is 11.8 Å². The quantitative estimate of drug-likeness (QED) is 0.266. The minimum absolute atomic E-state index is 0.00139. The first-order valence-corrected chi connectivity index (χ1v) is 14.8. The second-order valence-electron chi connectivity index (χ2n) is 12.6. The van der Waals surface area contributed by atoms with E-state index in [4.69, 9.17) is 5.10 Å². The molecule has 3 aromatic rings. The molecule has 6 nitrogen and oxygen atoms in total. The topological polar surface area (TPSA) is 79.0 Å². The van der Waals surface area contributed by atoms with E-state index in [1.165, 1.54) is 24.2 Å². The Balaban J connectivity index is 1.38. The number of hydrogen-bond donors (Lipinski definition) is 0. The number of carbonyl (C=O) groups excluding carboxylic acids is 2. The number of carbonyl (C=O) groups is 2. The molecule has 4 bridgehead atoms. The second kappa shape index (κ2) is 9.69. The van der Waals surface area contributed by atoms with Gasteiger partial charge in [0.25, 0.3) is 11.8 Å².